The first-order valence-electron chi connectivity index (χ1n) is 12.3. The van der Waals surface area contributed by atoms with Crippen LogP contribution >= 0.6 is 0 Å². The standard InChI is InChI=1S/C30H24N4O3/c31-15-19-5-7-22(8-6-19)28(35)32-26-11-12-27-25-13-20(17-34(27)30(26)37)16-33(18-25)29(36)24-10-9-21-3-1-2-4-23(21)14-24/h1-12,14,20,25H,13,16-18H2,(H,32,35)/t20-,25+/m0/s1. The molecule has 3 aromatic carbocycles. The van der Waals surface area contributed by atoms with Crippen LogP contribution in [-0.4, -0.2) is 34.4 Å². The van der Waals surface area contributed by atoms with Gasteiger partial charge in [-0.1, -0.05) is 30.3 Å². The van der Waals surface area contributed by atoms with Crippen LogP contribution in [0.2, 0.25) is 0 Å². The van der Waals surface area contributed by atoms with Gasteiger partial charge in [-0.2, -0.15) is 5.26 Å². The van der Waals surface area contributed by atoms with Gasteiger partial charge in [0, 0.05) is 42.4 Å². The fraction of sp³-hybridized carbons (Fsp3) is 0.200. The second-order valence-corrected chi connectivity index (χ2v) is 9.80. The Morgan fingerprint density at radius 1 is 0.865 bits per heavy atom. The van der Waals surface area contributed by atoms with Gasteiger partial charge in [-0.15, -0.1) is 0 Å². The van der Waals surface area contributed by atoms with Crippen LogP contribution in [0.3, 0.4) is 0 Å². The van der Waals surface area contributed by atoms with Crippen LogP contribution in [0.5, 0.6) is 0 Å². The number of aromatic nitrogens is 1. The van der Waals surface area contributed by atoms with E-state index in [2.05, 4.69) is 5.32 Å². The molecule has 2 bridgehead atoms. The molecule has 1 saturated heterocycles. The second-order valence-electron chi connectivity index (χ2n) is 9.80. The van der Waals surface area contributed by atoms with Gasteiger partial charge in [0.2, 0.25) is 0 Å². The fourth-order valence-electron chi connectivity index (χ4n) is 5.60. The number of carbonyl (C=O) groups is 2. The quantitative estimate of drug-likeness (QED) is 0.463. The van der Waals surface area contributed by atoms with Crippen LogP contribution in [0.25, 0.3) is 10.8 Å². The van der Waals surface area contributed by atoms with Gasteiger partial charge in [-0.3, -0.25) is 14.4 Å². The Labute approximate surface area is 213 Å². The molecule has 2 atom stereocenters. The fourth-order valence-corrected chi connectivity index (χ4v) is 5.60. The van der Waals surface area contributed by atoms with Gasteiger partial charge in [0.1, 0.15) is 5.69 Å². The van der Waals surface area contributed by atoms with Gasteiger partial charge in [0.15, 0.2) is 0 Å². The third kappa shape index (κ3) is 4.17. The van der Waals surface area contributed by atoms with Gasteiger partial charge in [0.25, 0.3) is 17.4 Å². The minimum Gasteiger partial charge on any atom is -0.338 e. The van der Waals surface area contributed by atoms with Gasteiger partial charge < -0.3 is 14.8 Å². The molecule has 182 valence electrons. The minimum absolute atomic E-state index is 0.0163. The van der Waals surface area contributed by atoms with Crippen molar-refractivity contribution in [3.05, 3.63) is 112 Å². The third-order valence-corrected chi connectivity index (χ3v) is 7.41. The molecule has 0 aliphatic carbocycles. The maximum absolute atomic E-state index is 13.4. The molecule has 1 fully saturated rings. The highest BCUT2D eigenvalue weighted by molar-refractivity contribution is 6.04. The maximum atomic E-state index is 13.4. The molecule has 2 amide bonds. The summed E-state index contributed by atoms with van der Waals surface area (Å²) in [5, 5.41) is 13.8. The van der Waals surface area contributed by atoms with E-state index in [9.17, 15) is 14.4 Å². The Morgan fingerprint density at radius 2 is 1.62 bits per heavy atom. The van der Waals surface area contributed by atoms with Crippen LogP contribution in [-0.2, 0) is 6.54 Å². The lowest BCUT2D eigenvalue weighted by Crippen LogP contribution is -2.49. The van der Waals surface area contributed by atoms with E-state index >= 15 is 0 Å². The van der Waals surface area contributed by atoms with Crippen LogP contribution in [0.1, 0.15) is 44.3 Å². The lowest BCUT2D eigenvalue weighted by Gasteiger charge is -2.43. The van der Waals surface area contributed by atoms with E-state index in [4.69, 9.17) is 5.26 Å². The molecule has 3 heterocycles. The number of nitriles is 1. The van der Waals surface area contributed by atoms with Crippen molar-refractivity contribution in [2.45, 2.75) is 18.9 Å². The van der Waals surface area contributed by atoms with Crippen molar-refractivity contribution in [2.75, 3.05) is 18.4 Å². The predicted molar refractivity (Wildman–Crippen MR) is 141 cm³/mol. The van der Waals surface area contributed by atoms with Crippen molar-refractivity contribution in [3.8, 4) is 6.07 Å². The van der Waals surface area contributed by atoms with E-state index in [1.807, 2.05) is 59.5 Å². The van der Waals surface area contributed by atoms with E-state index in [0.29, 0.717) is 36.3 Å². The topological polar surface area (TPSA) is 95.2 Å². The molecule has 0 radical (unpaired) electrons. The van der Waals surface area contributed by atoms with E-state index in [1.54, 1.807) is 34.9 Å². The zero-order valence-electron chi connectivity index (χ0n) is 20.1. The lowest BCUT2D eigenvalue weighted by molar-refractivity contribution is 0.0594. The smallest absolute Gasteiger partial charge is 0.274 e. The summed E-state index contributed by atoms with van der Waals surface area (Å²) in [6, 6.07) is 25.6. The maximum Gasteiger partial charge on any atom is 0.274 e. The number of fused-ring (bicyclic) bond motifs is 5. The summed E-state index contributed by atoms with van der Waals surface area (Å²) in [5.74, 6) is -0.154. The summed E-state index contributed by atoms with van der Waals surface area (Å²) >= 11 is 0. The number of benzene rings is 3. The number of rotatable bonds is 3. The molecule has 2 aliphatic rings. The molecule has 0 saturated carbocycles. The second kappa shape index (κ2) is 9.07. The molecule has 7 heteroatoms. The van der Waals surface area contributed by atoms with E-state index < -0.39 is 5.91 Å². The number of carbonyl (C=O) groups excluding carboxylic acids is 2. The summed E-state index contributed by atoms with van der Waals surface area (Å²) in [5.41, 5.74) is 2.40. The van der Waals surface area contributed by atoms with E-state index in [-0.39, 0.29) is 29.0 Å². The number of pyridine rings is 1. The summed E-state index contributed by atoms with van der Waals surface area (Å²) < 4.78 is 1.76. The number of amides is 2. The van der Waals surface area contributed by atoms with Gasteiger partial charge in [0.05, 0.1) is 11.6 Å². The largest absolute Gasteiger partial charge is 0.338 e. The van der Waals surface area contributed by atoms with Crippen molar-refractivity contribution in [1.82, 2.24) is 9.47 Å². The first kappa shape index (κ1) is 22.7. The molecular formula is C30H24N4O3. The predicted octanol–water partition coefficient (Wildman–Crippen LogP) is 4.38. The number of likely N-dealkylation sites (tertiary alicyclic amines) is 1. The Kier molecular flexibility index (Phi) is 5.57. The number of anilines is 1. The van der Waals surface area contributed by atoms with Crippen LogP contribution in [0.4, 0.5) is 5.69 Å². The summed E-state index contributed by atoms with van der Waals surface area (Å²) in [7, 11) is 0. The summed E-state index contributed by atoms with van der Waals surface area (Å²) in [6.07, 6.45) is 0.928. The Hall–Kier alpha value is -4.70. The molecular weight excluding hydrogens is 464 g/mol. The molecule has 0 spiro atoms. The number of nitrogens with zero attached hydrogens (tertiary/aromatic N) is 3. The van der Waals surface area contributed by atoms with Crippen LogP contribution in [0, 0.1) is 17.2 Å². The van der Waals surface area contributed by atoms with Gasteiger partial charge in [-0.05, 0) is 71.6 Å². The average molecular weight is 489 g/mol. The summed E-state index contributed by atoms with van der Waals surface area (Å²) in [4.78, 5) is 41.3. The van der Waals surface area contributed by atoms with Crippen LogP contribution in [0.15, 0.2) is 83.7 Å². The molecule has 1 aromatic heterocycles. The zero-order valence-corrected chi connectivity index (χ0v) is 20.1. The van der Waals surface area contributed by atoms with E-state index in [1.165, 1.54) is 0 Å². The van der Waals surface area contributed by atoms with Crippen molar-refractivity contribution in [3.63, 3.8) is 0 Å². The monoisotopic (exact) mass is 488 g/mol. The first-order valence-corrected chi connectivity index (χ1v) is 12.3. The minimum atomic E-state index is -0.398. The Balaban J connectivity index is 1.22. The number of hydrogen-bond acceptors (Lipinski definition) is 4. The molecule has 7 nitrogen and oxygen atoms in total. The van der Waals surface area contributed by atoms with E-state index in [0.717, 1.165) is 22.9 Å². The Bertz CT molecular complexity index is 1650. The normalized spacial score (nSPS) is 18.1. The average Bonchev–Trinajstić information content (AvgIpc) is 2.94. The highest BCUT2D eigenvalue weighted by atomic mass is 16.2. The van der Waals surface area contributed by atoms with Crippen molar-refractivity contribution in [2.24, 2.45) is 5.92 Å². The number of piperidine rings is 1. The molecule has 6 rings (SSSR count). The number of nitrogens with one attached hydrogen (secondary N) is 1. The SMILES string of the molecule is N#Cc1ccc(C(=O)Nc2ccc3n(c2=O)C[C@H]2C[C@@H]3CN(C(=O)c3ccc4ccccc4c3)C2)cc1. The molecule has 2 aliphatic heterocycles. The lowest BCUT2D eigenvalue weighted by atomic mass is 9.83. The zero-order chi connectivity index (χ0) is 25.5. The number of hydrogen-bond donors (Lipinski definition) is 1. The van der Waals surface area contributed by atoms with Crippen molar-refractivity contribution in [1.29, 1.82) is 5.26 Å². The highest BCUT2D eigenvalue weighted by Crippen LogP contribution is 2.36. The van der Waals surface area contributed by atoms with Crippen molar-refractivity contribution >= 4 is 28.3 Å². The van der Waals surface area contributed by atoms with Gasteiger partial charge >= 0.3 is 0 Å². The molecule has 4 aromatic rings. The molecule has 1 N–H and O–H groups in total. The highest BCUT2D eigenvalue weighted by Gasteiger charge is 2.37. The summed E-state index contributed by atoms with van der Waals surface area (Å²) in [6.45, 7) is 1.65. The Morgan fingerprint density at radius 3 is 2.41 bits per heavy atom. The van der Waals surface area contributed by atoms with Crippen molar-refractivity contribution < 1.29 is 9.59 Å². The van der Waals surface area contributed by atoms with Crippen LogP contribution < -0.4 is 10.9 Å². The van der Waals surface area contributed by atoms with Gasteiger partial charge in [-0.25, -0.2) is 0 Å². The first-order chi connectivity index (χ1) is 18.0. The molecule has 37 heavy (non-hydrogen) atoms. The molecule has 0 unspecified atom stereocenters. The third-order valence-electron chi connectivity index (χ3n) is 7.41.